The van der Waals surface area contributed by atoms with Gasteiger partial charge in [-0.2, -0.15) is 4.21 Å². The molecule has 12 heavy (non-hydrogen) atoms. The highest BCUT2D eigenvalue weighted by molar-refractivity contribution is 7.75. The summed E-state index contributed by atoms with van der Waals surface area (Å²) in [6, 6.07) is 0. The summed E-state index contributed by atoms with van der Waals surface area (Å²) in [5.74, 6) is 0. The molecule has 0 rings (SSSR count). The monoisotopic (exact) mass is 194 g/mol. The molecule has 0 aliphatic heterocycles. The molecule has 0 aromatic rings. The molecule has 0 heterocycles. The van der Waals surface area contributed by atoms with Gasteiger partial charge in [0.15, 0.2) is 0 Å². The highest BCUT2D eigenvalue weighted by Crippen LogP contribution is 2.15. The zero-order valence-corrected chi connectivity index (χ0v) is 9.45. The average molecular weight is 194 g/mol. The van der Waals surface area contributed by atoms with Gasteiger partial charge in [0.1, 0.15) is 0 Å². The fraction of sp³-hybridized carbons (Fsp3) is 1.00. The van der Waals surface area contributed by atoms with E-state index in [1.807, 2.05) is 41.5 Å². The topological polar surface area (TPSA) is 35.5 Å². The number of hydrogen-bond donors (Lipinski definition) is 0. The molecular weight excluding hydrogens is 176 g/mol. The Hall–Kier alpha value is 0.0700. The summed E-state index contributed by atoms with van der Waals surface area (Å²) in [4.78, 5) is 0. The average Bonchev–Trinajstić information content (AvgIpc) is 1.49. The Morgan fingerprint density at radius 3 is 1.25 bits per heavy atom. The lowest BCUT2D eigenvalue weighted by atomic mass is 10.2. The van der Waals surface area contributed by atoms with E-state index in [2.05, 4.69) is 0 Å². The highest BCUT2D eigenvalue weighted by Gasteiger charge is 2.21. The molecule has 0 aliphatic carbocycles. The van der Waals surface area contributed by atoms with Crippen molar-refractivity contribution in [2.75, 3.05) is 0 Å². The smallest absolute Gasteiger partial charge is 0.263 e. The normalized spacial score (nSPS) is 13.9. The minimum Gasteiger partial charge on any atom is -0.263 e. The van der Waals surface area contributed by atoms with E-state index in [0.717, 1.165) is 0 Å². The molecule has 0 aliphatic rings. The molecule has 4 heteroatoms. The fourth-order valence-electron chi connectivity index (χ4n) is 0.425. The molecule has 3 nitrogen and oxygen atoms in total. The Morgan fingerprint density at radius 2 is 1.08 bits per heavy atom. The molecule has 0 aromatic heterocycles. The van der Waals surface area contributed by atoms with Gasteiger partial charge in [0.2, 0.25) is 0 Å². The van der Waals surface area contributed by atoms with Crippen molar-refractivity contribution >= 4 is 11.4 Å². The molecular formula is C8H18O3S. The predicted molar refractivity (Wildman–Crippen MR) is 49.8 cm³/mol. The second kappa shape index (κ2) is 3.85. The fourth-order valence-corrected chi connectivity index (χ4v) is 1.28. The molecule has 0 aromatic carbocycles. The molecule has 0 N–H and O–H groups in total. The standard InChI is InChI=1S/C8H18O3S/c1-7(2,3)10-12(9)11-8(4,5)6/h1-6H3. The minimum absolute atomic E-state index is 0.434. The quantitative estimate of drug-likeness (QED) is 0.676. The van der Waals surface area contributed by atoms with Gasteiger partial charge in [-0.25, -0.2) is 0 Å². The third-order valence-electron chi connectivity index (χ3n) is 0.636. The van der Waals surface area contributed by atoms with Gasteiger partial charge in [0.05, 0.1) is 11.2 Å². The number of rotatable bonds is 2. The van der Waals surface area contributed by atoms with Crippen molar-refractivity contribution < 1.29 is 12.6 Å². The van der Waals surface area contributed by atoms with Crippen molar-refractivity contribution in [1.29, 1.82) is 0 Å². The minimum atomic E-state index is -1.66. The number of hydrogen-bond acceptors (Lipinski definition) is 3. The van der Waals surface area contributed by atoms with Crippen LogP contribution in [0.3, 0.4) is 0 Å². The Labute approximate surface area is 77.3 Å². The molecule has 0 bridgehead atoms. The van der Waals surface area contributed by atoms with Gasteiger partial charge in [0, 0.05) is 0 Å². The molecule has 0 unspecified atom stereocenters. The molecule has 0 saturated heterocycles. The maximum absolute atomic E-state index is 11.1. The summed E-state index contributed by atoms with van der Waals surface area (Å²) in [6.07, 6.45) is 0. The van der Waals surface area contributed by atoms with Crippen molar-refractivity contribution in [2.45, 2.75) is 52.7 Å². The van der Waals surface area contributed by atoms with E-state index >= 15 is 0 Å². The van der Waals surface area contributed by atoms with Gasteiger partial charge in [-0.05, 0) is 41.5 Å². The highest BCUT2D eigenvalue weighted by atomic mass is 32.2. The van der Waals surface area contributed by atoms with Crippen LogP contribution < -0.4 is 0 Å². The zero-order chi connectivity index (χ0) is 9.99. The van der Waals surface area contributed by atoms with Crippen LogP contribution in [0, 0.1) is 0 Å². The summed E-state index contributed by atoms with van der Waals surface area (Å²) in [7, 11) is 0. The second-order valence-corrected chi connectivity index (χ2v) is 5.34. The summed E-state index contributed by atoms with van der Waals surface area (Å²) in [5, 5.41) is 0. The molecule has 0 radical (unpaired) electrons. The van der Waals surface area contributed by atoms with Gasteiger partial charge in [-0.1, -0.05) is 0 Å². The summed E-state index contributed by atoms with van der Waals surface area (Å²) in [6.45, 7) is 11.0. The van der Waals surface area contributed by atoms with Crippen LogP contribution in [0.1, 0.15) is 41.5 Å². The maximum Gasteiger partial charge on any atom is 0.305 e. The Kier molecular flexibility index (Phi) is 3.87. The van der Waals surface area contributed by atoms with Gasteiger partial charge in [-0.3, -0.25) is 8.37 Å². The van der Waals surface area contributed by atoms with Crippen molar-refractivity contribution in [3.05, 3.63) is 0 Å². The lowest BCUT2D eigenvalue weighted by Crippen LogP contribution is -2.27. The summed E-state index contributed by atoms with van der Waals surface area (Å²) in [5.41, 5.74) is -0.869. The first kappa shape index (κ1) is 12.1. The van der Waals surface area contributed by atoms with Crippen LogP contribution in [0.15, 0.2) is 0 Å². The van der Waals surface area contributed by atoms with E-state index in [9.17, 15) is 4.21 Å². The van der Waals surface area contributed by atoms with E-state index in [1.54, 1.807) is 0 Å². The lowest BCUT2D eigenvalue weighted by molar-refractivity contribution is 0.0783. The van der Waals surface area contributed by atoms with E-state index in [1.165, 1.54) is 0 Å². The molecule has 0 spiro atoms. The molecule has 74 valence electrons. The van der Waals surface area contributed by atoms with Crippen LogP contribution >= 0.6 is 0 Å². The first-order valence-electron chi connectivity index (χ1n) is 3.91. The second-order valence-electron chi connectivity index (χ2n) is 4.60. The van der Waals surface area contributed by atoms with Gasteiger partial charge in [-0.15, -0.1) is 0 Å². The van der Waals surface area contributed by atoms with Crippen molar-refractivity contribution in [3.8, 4) is 0 Å². The third kappa shape index (κ3) is 8.17. The Morgan fingerprint density at radius 1 is 0.833 bits per heavy atom. The van der Waals surface area contributed by atoms with E-state index in [4.69, 9.17) is 8.37 Å². The Bertz CT molecular complexity index is 146. The lowest BCUT2D eigenvalue weighted by Gasteiger charge is -2.22. The van der Waals surface area contributed by atoms with Crippen LogP contribution in [0.4, 0.5) is 0 Å². The van der Waals surface area contributed by atoms with Crippen LogP contribution in [-0.2, 0) is 19.7 Å². The van der Waals surface area contributed by atoms with Crippen molar-refractivity contribution in [2.24, 2.45) is 0 Å². The van der Waals surface area contributed by atoms with Crippen molar-refractivity contribution in [1.82, 2.24) is 0 Å². The molecule has 0 saturated carbocycles. The molecule has 0 fully saturated rings. The van der Waals surface area contributed by atoms with Gasteiger partial charge < -0.3 is 0 Å². The predicted octanol–water partition coefficient (Wildman–Crippen LogP) is 2.20. The maximum atomic E-state index is 11.1. The molecule has 0 amide bonds. The van der Waals surface area contributed by atoms with E-state index in [-0.39, 0.29) is 0 Å². The largest absolute Gasteiger partial charge is 0.305 e. The van der Waals surface area contributed by atoms with Gasteiger partial charge >= 0.3 is 11.4 Å². The zero-order valence-electron chi connectivity index (χ0n) is 8.63. The van der Waals surface area contributed by atoms with Crippen LogP contribution in [0.2, 0.25) is 0 Å². The van der Waals surface area contributed by atoms with Gasteiger partial charge in [0.25, 0.3) is 0 Å². The van der Waals surface area contributed by atoms with Crippen LogP contribution in [-0.4, -0.2) is 15.4 Å². The van der Waals surface area contributed by atoms with Crippen LogP contribution in [0.5, 0.6) is 0 Å². The summed E-state index contributed by atoms with van der Waals surface area (Å²) < 4.78 is 21.3. The molecule has 0 atom stereocenters. The third-order valence-corrected chi connectivity index (χ3v) is 1.91. The van der Waals surface area contributed by atoms with Crippen LogP contribution in [0.25, 0.3) is 0 Å². The van der Waals surface area contributed by atoms with Crippen molar-refractivity contribution in [3.63, 3.8) is 0 Å². The SMILES string of the molecule is CC(C)(C)OS(=O)OC(C)(C)C. The summed E-state index contributed by atoms with van der Waals surface area (Å²) >= 11 is -1.66. The first-order valence-corrected chi connectivity index (χ1v) is 4.91. The van der Waals surface area contributed by atoms with E-state index < -0.39 is 22.6 Å². The van der Waals surface area contributed by atoms with E-state index in [0.29, 0.717) is 0 Å². The Balaban J connectivity index is 3.92. The first-order chi connectivity index (χ1) is 5.10.